The van der Waals surface area contributed by atoms with Gasteiger partial charge in [-0.15, -0.1) is 0 Å². The van der Waals surface area contributed by atoms with Gasteiger partial charge in [0, 0.05) is 18.9 Å². The topological polar surface area (TPSA) is 55.4 Å². The van der Waals surface area contributed by atoms with E-state index in [4.69, 9.17) is 4.74 Å². The van der Waals surface area contributed by atoms with Crippen molar-refractivity contribution in [2.75, 3.05) is 7.05 Å². The number of alkyl carbamates (subject to hydrolysis) is 1. The number of hydrogen-bond donors (Lipinski definition) is 1. The number of rotatable bonds is 1. The van der Waals surface area contributed by atoms with Crippen LogP contribution < -0.4 is 5.32 Å². The first-order chi connectivity index (χ1) is 12.3. The SMILES string of the molecule is CNC(=O)O[C@H]1CCC2C3C(C4CCC(=O)C=C4C[C@H]3C)[C@@H](C)C[C@@]21C. The lowest BCUT2D eigenvalue weighted by molar-refractivity contribution is -0.118. The number of carbonyl (C=O) groups excluding carboxylic acids is 2. The largest absolute Gasteiger partial charge is 0.446 e. The van der Waals surface area contributed by atoms with Crippen molar-refractivity contribution in [1.29, 1.82) is 0 Å². The van der Waals surface area contributed by atoms with Crippen LogP contribution in [0.3, 0.4) is 0 Å². The molecule has 0 spiro atoms. The van der Waals surface area contributed by atoms with Crippen LogP contribution in [0.15, 0.2) is 11.6 Å². The van der Waals surface area contributed by atoms with Crippen molar-refractivity contribution in [3.8, 4) is 0 Å². The average Bonchev–Trinajstić information content (AvgIpc) is 2.90. The van der Waals surface area contributed by atoms with Gasteiger partial charge in [-0.2, -0.15) is 0 Å². The van der Waals surface area contributed by atoms with Crippen molar-refractivity contribution in [3.63, 3.8) is 0 Å². The first kappa shape index (κ1) is 18.1. The zero-order valence-electron chi connectivity index (χ0n) is 16.6. The number of fused-ring (bicyclic) bond motifs is 5. The zero-order chi connectivity index (χ0) is 18.6. The van der Waals surface area contributed by atoms with E-state index in [1.807, 2.05) is 6.08 Å². The van der Waals surface area contributed by atoms with E-state index >= 15 is 0 Å². The zero-order valence-corrected chi connectivity index (χ0v) is 16.6. The quantitative estimate of drug-likeness (QED) is 0.757. The number of ketones is 1. The number of allylic oxidation sites excluding steroid dienone is 1. The Morgan fingerprint density at radius 2 is 1.96 bits per heavy atom. The standard InChI is InChI=1S/C22H33NO3/c1-12-9-14-10-15(24)5-6-16(14)19-13(2)11-22(3)17(20(12)19)7-8-18(22)26-21(25)23-4/h10,12-13,16-20H,5-9,11H2,1-4H3,(H,23,25)/t12-,13+,16?,17?,18+,19?,20?,22+/m1/s1. The molecule has 144 valence electrons. The molecule has 0 saturated heterocycles. The lowest BCUT2D eigenvalue weighted by Gasteiger charge is -2.58. The van der Waals surface area contributed by atoms with E-state index in [0.29, 0.717) is 41.3 Å². The predicted octanol–water partition coefficient (Wildman–Crippen LogP) is 4.34. The third-order valence-electron chi connectivity index (χ3n) is 8.31. The Bertz CT molecular complexity index is 641. The third-order valence-corrected chi connectivity index (χ3v) is 8.31. The van der Waals surface area contributed by atoms with Crippen molar-refractivity contribution in [2.24, 2.45) is 40.9 Å². The number of amides is 1. The van der Waals surface area contributed by atoms with Crippen LogP contribution in [0.4, 0.5) is 4.79 Å². The smallest absolute Gasteiger partial charge is 0.407 e. The molecule has 26 heavy (non-hydrogen) atoms. The molecule has 3 saturated carbocycles. The third kappa shape index (κ3) is 2.63. The fourth-order valence-electron chi connectivity index (χ4n) is 7.47. The van der Waals surface area contributed by atoms with Crippen LogP contribution in [0, 0.1) is 40.9 Å². The molecular weight excluding hydrogens is 326 g/mol. The van der Waals surface area contributed by atoms with Gasteiger partial charge in [0.1, 0.15) is 6.10 Å². The number of carbonyl (C=O) groups is 2. The molecule has 4 rings (SSSR count). The maximum absolute atomic E-state index is 11.9. The highest BCUT2D eigenvalue weighted by atomic mass is 16.6. The molecule has 0 aromatic rings. The molecule has 4 nitrogen and oxygen atoms in total. The Kier molecular flexibility index (Phi) is 4.44. The Hall–Kier alpha value is -1.32. The maximum Gasteiger partial charge on any atom is 0.407 e. The number of hydrogen-bond acceptors (Lipinski definition) is 3. The number of ether oxygens (including phenoxy) is 1. The minimum Gasteiger partial charge on any atom is -0.446 e. The molecule has 0 bridgehead atoms. The van der Waals surface area contributed by atoms with Gasteiger partial charge in [-0.25, -0.2) is 4.79 Å². The van der Waals surface area contributed by atoms with E-state index in [2.05, 4.69) is 26.1 Å². The van der Waals surface area contributed by atoms with Crippen LogP contribution >= 0.6 is 0 Å². The van der Waals surface area contributed by atoms with Gasteiger partial charge >= 0.3 is 6.09 Å². The second kappa shape index (κ2) is 6.38. The summed E-state index contributed by atoms with van der Waals surface area (Å²) in [6, 6.07) is 0. The number of nitrogens with one attached hydrogen (secondary N) is 1. The molecule has 4 unspecified atom stereocenters. The molecule has 3 fully saturated rings. The highest BCUT2D eigenvalue weighted by Gasteiger charge is 2.60. The molecule has 0 aromatic carbocycles. The molecule has 0 radical (unpaired) electrons. The Morgan fingerprint density at radius 3 is 2.69 bits per heavy atom. The van der Waals surface area contributed by atoms with Crippen molar-refractivity contribution >= 4 is 11.9 Å². The summed E-state index contributed by atoms with van der Waals surface area (Å²) in [7, 11) is 1.64. The van der Waals surface area contributed by atoms with E-state index in [1.165, 1.54) is 12.0 Å². The molecule has 0 heterocycles. The molecular formula is C22H33NO3. The Labute approximate surface area is 157 Å². The first-order valence-corrected chi connectivity index (χ1v) is 10.5. The summed E-state index contributed by atoms with van der Waals surface area (Å²) in [4.78, 5) is 23.8. The van der Waals surface area contributed by atoms with Gasteiger partial charge < -0.3 is 10.1 Å². The average molecular weight is 360 g/mol. The highest BCUT2D eigenvalue weighted by molar-refractivity contribution is 5.91. The summed E-state index contributed by atoms with van der Waals surface area (Å²) in [6.07, 6.45) is 7.86. The van der Waals surface area contributed by atoms with Crippen LogP contribution in [-0.2, 0) is 9.53 Å². The summed E-state index contributed by atoms with van der Waals surface area (Å²) in [5.41, 5.74) is 1.52. The molecule has 4 aliphatic rings. The normalized spacial score (nSPS) is 47.3. The molecule has 4 aliphatic carbocycles. The first-order valence-electron chi connectivity index (χ1n) is 10.5. The van der Waals surface area contributed by atoms with Gasteiger partial charge in [-0.05, 0) is 73.7 Å². The fourth-order valence-corrected chi connectivity index (χ4v) is 7.47. The fraction of sp³-hybridized carbons (Fsp3) is 0.818. The summed E-state index contributed by atoms with van der Waals surface area (Å²) >= 11 is 0. The molecule has 0 aromatic heterocycles. The van der Waals surface area contributed by atoms with E-state index in [9.17, 15) is 9.59 Å². The van der Waals surface area contributed by atoms with E-state index in [-0.39, 0.29) is 17.6 Å². The summed E-state index contributed by atoms with van der Waals surface area (Å²) < 4.78 is 5.81. The van der Waals surface area contributed by atoms with Crippen LogP contribution in [0.5, 0.6) is 0 Å². The molecule has 1 amide bonds. The summed E-state index contributed by atoms with van der Waals surface area (Å²) in [5.74, 6) is 4.17. The lowest BCUT2D eigenvalue weighted by atomic mass is 9.47. The van der Waals surface area contributed by atoms with Gasteiger partial charge in [-0.3, -0.25) is 4.79 Å². The van der Waals surface area contributed by atoms with Gasteiger partial charge in [0.15, 0.2) is 5.78 Å². The van der Waals surface area contributed by atoms with Crippen LogP contribution in [0.1, 0.15) is 59.3 Å². The molecule has 4 heteroatoms. The van der Waals surface area contributed by atoms with Crippen LogP contribution in [0.25, 0.3) is 0 Å². The van der Waals surface area contributed by atoms with Gasteiger partial charge in [0.05, 0.1) is 0 Å². The minimum absolute atomic E-state index is 0.0351. The minimum atomic E-state index is -0.292. The van der Waals surface area contributed by atoms with Gasteiger partial charge in [0.25, 0.3) is 0 Å². The van der Waals surface area contributed by atoms with Crippen molar-refractivity contribution in [3.05, 3.63) is 11.6 Å². The van der Waals surface area contributed by atoms with Crippen molar-refractivity contribution in [1.82, 2.24) is 5.32 Å². The lowest BCUT2D eigenvalue weighted by Crippen LogP contribution is -2.54. The summed E-state index contributed by atoms with van der Waals surface area (Å²) in [5, 5.41) is 2.62. The summed E-state index contributed by atoms with van der Waals surface area (Å²) in [6.45, 7) is 7.16. The Morgan fingerprint density at radius 1 is 1.19 bits per heavy atom. The molecule has 1 N–H and O–H groups in total. The highest BCUT2D eigenvalue weighted by Crippen LogP contribution is 2.65. The van der Waals surface area contributed by atoms with Crippen LogP contribution in [-0.4, -0.2) is 25.0 Å². The second-order valence-corrected chi connectivity index (χ2v) is 9.68. The van der Waals surface area contributed by atoms with Gasteiger partial charge in [0.2, 0.25) is 0 Å². The van der Waals surface area contributed by atoms with E-state index in [1.54, 1.807) is 7.05 Å². The van der Waals surface area contributed by atoms with Crippen molar-refractivity contribution < 1.29 is 14.3 Å². The maximum atomic E-state index is 11.9. The predicted molar refractivity (Wildman–Crippen MR) is 101 cm³/mol. The molecule has 8 atom stereocenters. The van der Waals surface area contributed by atoms with E-state index in [0.717, 1.165) is 32.1 Å². The monoisotopic (exact) mass is 359 g/mol. The van der Waals surface area contributed by atoms with Crippen molar-refractivity contribution in [2.45, 2.75) is 65.4 Å². The molecule has 0 aliphatic heterocycles. The van der Waals surface area contributed by atoms with E-state index < -0.39 is 0 Å². The van der Waals surface area contributed by atoms with Gasteiger partial charge in [-0.1, -0.05) is 26.3 Å². The Balaban J connectivity index is 1.64. The van der Waals surface area contributed by atoms with Crippen LogP contribution in [0.2, 0.25) is 0 Å². The second-order valence-electron chi connectivity index (χ2n) is 9.68.